The first-order chi connectivity index (χ1) is 9.29. The Kier molecular flexibility index (Phi) is 3.73. The molecular weight excluding hydrogens is 304 g/mol. The largest absolute Gasteiger partial charge is 0.353 e. The molecule has 1 unspecified atom stereocenters. The van der Waals surface area contributed by atoms with Gasteiger partial charge in [-0.1, -0.05) is 15.9 Å². The Morgan fingerprint density at radius 3 is 3.11 bits per heavy atom. The minimum absolute atomic E-state index is 0.613. The number of hydrogen-bond donors (Lipinski definition) is 0. The molecule has 1 aliphatic rings. The van der Waals surface area contributed by atoms with Crippen molar-refractivity contribution in [1.82, 2.24) is 14.6 Å². The Balaban J connectivity index is 2.03. The van der Waals surface area contributed by atoms with Gasteiger partial charge in [0, 0.05) is 17.9 Å². The molecule has 0 aliphatic carbocycles. The molecule has 0 aromatic carbocycles. The molecule has 1 fully saturated rings. The lowest BCUT2D eigenvalue weighted by atomic mass is 10.00. The van der Waals surface area contributed by atoms with Gasteiger partial charge in [0.1, 0.15) is 12.1 Å². The van der Waals surface area contributed by atoms with Gasteiger partial charge in [0.05, 0.1) is 0 Å². The van der Waals surface area contributed by atoms with Gasteiger partial charge in [0.25, 0.3) is 0 Å². The highest BCUT2D eigenvalue weighted by Gasteiger charge is 2.24. The fraction of sp³-hybridized carbons (Fsp3) is 0.571. The summed E-state index contributed by atoms with van der Waals surface area (Å²) in [4.78, 5) is 6.84. The lowest BCUT2D eigenvalue weighted by Crippen LogP contribution is -2.41. The molecule has 1 saturated heterocycles. The molecule has 0 spiro atoms. The van der Waals surface area contributed by atoms with E-state index in [1.807, 2.05) is 4.52 Å². The molecule has 2 aromatic heterocycles. The second-order valence-corrected chi connectivity index (χ2v) is 6.03. The molecular formula is C14H19BrN4. The van der Waals surface area contributed by atoms with Crippen molar-refractivity contribution in [3.05, 3.63) is 24.0 Å². The predicted molar refractivity (Wildman–Crippen MR) is 81.1 cm³/mol. The van der Waals surface area contributed by atoms with Crippen LogP contribution in [0.15, 0.2) is 18.5 Å². The number of aryl methyl sites for hydroxylation is 1. The summed E-state index contributed by atoms with van der Waals surface area (Å²) in [5.74, 6) is 1.19. The van der Waals surface area contributed by atoms with E-state index in [-0.39, 0.29) is 0 Å². The van der Waals surface area contributed by atoms with E-state index >= 15 is 0 Å². The highest BCUT2D eigenvalue weighted by Crippen LogP contribution is 2.27. The predicted octanol–water partition coefficient (Wildman–Crippen LogP) is 3.18. The minimum atomic E-state index is 0.613. The summed E-state index contributed by atoms with van der Waals surface area (Å²) in [6, 6.07) is 4.93. The molecule has 0 bridgehead atoms. The molecule has 2 aromatic rings. The molecule has 1 aliphatic heterocycles. The van der Waals surface area contributed by atoms with E-state index in [0.29, 0.717) is 6.04 Å². The molecule has 0 radical (unpaired) electrons. The first kappa shape index (κ1) is 12.9. The van der Waals surface area contributed by atoms with E-state index in [4.69, 9.17) is 0 Å². The first-order valence-electron chi connectivity index (χ1n) is 6.92. The third-order valence-corrected chi connectivity index (χ3v) is 4.33. The summed E-state index contributed by atoms with van der Waals surface area (Å²) in [7, 11) is 0. The van der Waals surface area contributed by atoms with Crippen molar-refractivity contribution >= 4 is 27.4 Å². The van der Waals surface area contributed by atoms with Crippen LogP contribution in [-0.2, 0) is 0 Å². The monoisotopic (exact) mass is 322 g/mol. The summed E-state index contributed by atoms with van der Waals surface area (Å²) in [6.07, 6.45) is 6.70. The molecule has 102 valence electrons. The zero-order valence-electron chi connectivity index (χ0n) is 11.2. The quantitative estimate of drug-likeness (QED) is 0.814. The summed E-state index contributed by atoms with van der Waals surface area (Å²) < 4.78 is 1.97. The molecule has 0 N–H and O–H groups in total. The Hall–Kier alpha value is -1.10. The number of anilines is 1. The maximum atomic E-state index is 4.38. The second kappa shape index (κ2) is 5.49. The van der Waals surface area contributed by atoms with Crippen molar-refractivity contribution in [3.63, 3.8) is 0 Å². The Morgan fingerprint density at radius 1 is 1.37 bits per heavy atom. The van der Waals surface area contributed by atoms with Crippen molar-refractivity contribution < 1.29 is 0 Å². The maximum absolute atomic E-state index is 4.38. The van der Waals surface area contributed by atoms with Crippen molar-refractivity contribution in [2.45, 2.75) is 38.6 Å². The van der Waals surface area contributed by atoms with Crippen LogP contribution in [-0.4, -0.2) is 32.5 Å². The molecule has 4 nitrogen and oxygen atoms in total. The van der Waals surface area contributed by atoms with Crippen molar-refractivity contribution in [2.24, 2.45) is 0 Å². The lowest BCUT2D eigenvalue weighted by molar-refractivity contribution is 0.447. The van der Waals surface area contributed by atoms with Crippen LogP contribution in [0, 0.1) is 6.92 Å². The smallest absolute Gasteiger partial charge is 0.157 e. The number of nitrogens with zero attached hydrogens (tertiary/aromatic N) is 4. The molecule has 1 atom stereocenters. The molecule has 3 rings (SSSR count). The number of halogens is 1. The van der Waals surface area contributed by atoms with E-state index in [0.717, 1.165) is 17.5 Å². The summed E-state index contributed by atoms with van der Waals surface area (Å²) in [5, 5.41) is 5.44. The third kappa shape index (κ3) is 2.48. The number of alkyl halides is 1. The van der Waals surface area contributed by atoms with Crippen LogP contribution in [0.25, 0.3) is 5.65 Å². The maximum Gasteiger partial charge on any atom is 0.157 e. The molecule has 19 heavy (non-hydrogen) atoms. The first-order valence-corrected chi connectivity index (χ1v) is 8.05. The number of hydrogen-bond acceptors (Lipinski definition) is 3. The second-order valence-electron chi connectivity index (χ2n) is 5.24. The van der Waals surface area contributed by atoms with Gasteiger partial charge in [-0.25, -0.2) is 4.98 Å². The van der Waals surface area contributed by atoms with Gasteiger partial charge in [0.15, 0.2) is 5.65 Å². The van der Waals surface area contributed by atoms with Gasteiger partial charge in [-0.3, -0.25) is 0 Å². The van der Waals surface area contributed by atoms with E-state index in [1.54, 1.807) is 6.33 Å². The number of aromatic nitrogens is 3. The van der Waals surface area contributed by atoms with Crippen LogP contribution < -0.4 is 4.90 Å². The highest BCUT2D eigenvalue weighted by atomic mass is 79.9. The van der Waals surface area contributed by atoms with Gasteiger partial charge >= 0.3 is 0 Å². The van der Waals surface area contributed by atoms with Gasteiger partial charge in [-0.2, -0.15) is 9.61 Å². The van der Waals surface area contributed by atoms with Crippen LogP contribution >= 0.6 is 15.9 Å². The number of fused-ring (bicyclic) bond motifs is 1. The van der Waals surface area contributed by atoms with Gasteiger partial charge < -0.3 is 4.90 Å². The molecule has 5 heteroatoms. The van der Waals surface area contributed by atoms with E-state index in [2.05, 4.69) is 50.0 Å². The van der Waals surface area contributed by atoms with Crippen molar-refractivity contribution in [1.29, 1.82) is 0 Å². The Morgan fingerprint density at radius 2 is 2.26 bits per heavy atom. The summed E-state index contributed by atoms with van der Waals surface area (Å²) >= 11 is 3.58. The van der Waals surface area contributed by atoms with Crippen molar-refractivity contribution in [3.8, 4) is 0 Å². The fourth-order valence-corrected chi connectivity index (χ4v) is 3.50. The zero-order valence-corrected chi connectivity index (χ0v) is 12.8. The Bertz CT molecular complexity index is 564. The van der Waals surface area contributed by atoms with E-state index in [1.165, 1.54) is 37.1 Å². The van der Waals surface area contributed by atoms with Crippen LogP contribution in [0.2, 0.25) is 0 Å². The number of piperidine rings is 1. The van der Waals surface area contributed by atoms with Gasteiger partial charge in [0.2, 0.25) is 0 Å². The summed E-state index contributed by atoms with van der Waals surface area (Å²) in [5.41, 5.74) is 2.19. The standard InChI is InChI=1S/C14H19BrN4/c1-11-8-13-16-10-17-19(13)14(9-11)18-7-3-2-4-12(18)5-6-15/h8-10,12H,2-7H2,1H3. The third-order valence-electron chi connectivity index (χ3n) is 3.87. The topological polar surface area (TPSA) is 33.4 Å². The van der Waals surface area contributed by atoms with Gasteiger partial charge in [-0.05, 0) is 50.3 Å². The summed E-state index contributed by atoms with van der Waals surface area (Å²) in [6.45, 7) is 3.25. The van der Waals surface area contributed by atoms with Crippen LogP contribution in [0.1, 0.15) is 31.2 Å². The van der Waals surface area contributed by atoms with Gasteiger partial charge in [-0.15, -0.1) is 0 Å². The molecule has 0 amide bonds. The number of rotatable bonds is 3. The average molecular weight is 323 g/mol. The van der Waals surface area contributed by atoms with Crippen molar-refractivity contribution in [2.75, 3.05) is 16.8 Å². The molecule has 3 heterocycles. The number of pyridine rings is 1. The fourth-order valence-electron chi connectivity index (χ4n) is 2.97. The SMILES string of the molecule is Cc1cc(N2CCCCC2CCBr)n2ncnc2c1. The molecule has 0 saturated carbocycles. The minimum Gasteiger partial charge on any atom is -0.353 e. The van der Waals surface area contributed by atoms with E-state index in [9.17, 15) is 0 Å². The van der Waals surface area contributed by atoms with E-state index < -0.39 is 0 Å². The zero-order chi connectivity index (χ0) is 13.2. The average Bonchev–Trinajstić information content (AvgIpc) is 2.87. The Labute approximate surface area is 121 Å². The normalized spacial score (nSPS) is 20.1. The lowest BCUT2D eigenvalue weighted by Gasteiger charge is -2.37. The van der Waals surface area contributed by atoms with Crippen LogP contribution in [0.4, 0.5) is 5.82 Å². The van der Waals surface area contributed by atoms with Crippen LogP contribution in [0.5, 0.6) is 0 Å². The van der Waals surface area contributed by atoms with Crippen LogP contribution in [0.3, 0.4) is 0 Å². The highest BCUT2D eigenvalue weighted by molar-refractivity contribution is 9.09.